The van der Waals surface area contributed by atoms with Crippen LogP contribution in [0, 0.1) is 11.3 Å². The van der Waals surface area contributed by atoms with Gasteiger partial charge in [0.2, 0.25) is 11.9 Å². The summed E-state index contributed by atoms with van der Waals surface area (Å²) in [5.41, 5.74) is 1.84. The molecule has 37 heavy (non-hydrogen) atoms. The molecule has 0 atom stereocenters. The molecule has 0 unspecified atom stereocenters. The number of nitrogens with one attached hydrogen (secondary N) is 2. The number of nitriles is 1. The summed E-state index contributed by atoms with van der Waals surface area (Å²) < 4.78 is 7.11. The van der Waals surface area contributed by atoms with Crippen LogP contribution in [-0.2, 0) is 4.79 Å². The molecule has 0 aliphatic carbocycles. The number of hydrogen-bond donors (Lipinski definition) is 2. The smallest absolute Gasteiger partial charge is 0.270 e. The van der Waals surface area contributed by atoms with Crippen molar-refractivity contribution in [1.29, 1.82) is 5.26 Å². The van der Waals surface area contributed by atoms with Gasteiger partial charge in [0.15, 0.2) is 0 Å². The molecule has 2 aromatic heterocycles. The molecular formula is C26H32N8O3. The first-order valence-electron chi connectivity index (χ1n) is 11.7. The first-order valence-corrected chi connectivity index (χ1v) is 11.7. The summed E-state index contributed by atoms with van der Waals surface area (Å²) in [5.74, 6) is 0.377. The Hall–Kier alpha value is -4.43. The fourth-order valence-corrected chi connectivity index (χ4v) is 3.77. The van der Waals surface area contributed by atoms with Gasteiger partial charge in [0, 0.05) is 43.8 Å². The molecular weight excluding hydrogens is 472 g/mol. The SMILES string of the molecule is C=CC(=O)Nc1cc(Nc2ncc3cc(C#N)c(=O)n(C(C)C)c3n2)c(OC)cc1N(C)CCN(C)C. The number of amides is 1. The number of fused-ring (bicyclic) bond motifs is 1. The van der Waals surface area contributed by atoms with E-state index in [0.717, 1.165) is 12.2 Å². The van der Waals surface area contributed by atoms with E-state index in [1.807, 2.05) is 52.0 Å². The molecule has 2 heterocycles. The molecule has 0 spiro atoms. The molecule has 1 amide bonds. The zero-order chi connectivity index (χ0) is 27.3. The van der Waals surface area contributed by atoms with E-state index in [2.05, 4.69) is 32.1 Å². The number of pyridine rings is 1. The third kappa shape index (κ3) is 6.05. The van der Waals surface area contributed by atoms with Crippen LogP contribution in [0.5, 0.6) is 5.75 Å². The number of methoxy groups -OCH3 is 1. The molecule has 3 aromatic rings. The molecule has 2 N–H and O–H groups in total. The highest BCUT2D eigenvalue weighted by atomic mass is 16.5. The number of carbonyl (C=O) groups is 1. The Balaban J connectivity index is 2.10. The van der Waals surface area contributed by atoms with E-state index in [0.29, 0.717) is 34.7 Å². The van der Waals surface area contributed by atoms with Crippen molar-refractivity contribution in [2.45, 2.75) is 19.9 Å². The van der Waals surface area contributed by atoms with Crippen LogP contribution >= 0.6 is 0 Å². The molecule has 0 fully saturated rings. The average Bonchev–Trinajstić information content (AvgIpc) is 2.86. The summed E-state index contributed by atoms with van der Waals surface area (Å²) in [4.78, 5) is 38.0. The van der Waals surface area contributed by atoms with Crippen molar-refractivity contribution in [3.63, 3.8) is 0 Å². The van der Waals surface area contributed by atoms with Gasteiger partial charge in [-0.05, 0) is 46.2 Å². The standard InChI is InChI=1S/C26H32N8O3/c1-8-23(35)29-19-12-20(22(37-7)13-21(19)33(6)10-9-32(4)5)30-26-28-15-18-11-17(14-27)25(36)34(16(2)3)24(18)31-26/h8,11-13,15-16H,1,9-10H2,2-7H3,(H,29,35)(H,28,30,31). The van der Waals surface area contributed by atoms with E-state index < -0.39 is 5.56 Å². The maximum atomic E-state index is 12.8. The van der Waals surface area contributed by atoms with Crippen molar-refractivity contribution in [1.82, 2.24) is 19.4 Å². The number of benzene rings is 1. The summed E-state index contributed by atoms with van der Waals surface area (Å²) in [6.45, 7) is 8.76. The van der Waals surface area contributed by atoms with Crippen LogP contribution in [0.25, 0.3) is 11.0 Å². The normalized spacial score (nSPS) is 10.9. The predicted octanol–water partition coefficient (Wildman–Crippen LogP) is 3.12. The van der Waals surface area contributed by atoms with Gasteiger partial charge in [-0.15, -0.1) is 0 Å². The lowest BCUT2D eigenvalue weighted by atomic mass is 10.2. The largest absolute Gasteiger partial charge is 0.494 e. The number of carbonyl (C=O) groups excluding carboxylic acids is 1. The van der Waals surface area contributed by atoms with E-state index in [1.165, 1.54) is 16.7 Å². The van der Waals surface area contributed by atoms with Crippen molar-refractivity contribution in [2.24, 2.45) is 0 Å². The molecule has 11 heteroatoms. The highest BCUT2D eigenvalue weighted by molar-refractivity contribution is 6.02. The van der Waals surface area contributed by atoms with Crippen LogP contribution in [0.4, 0.5) is 23.0 Å². The minimum Gasteiger partial charge on any atom is -0.494 e. The molecule has 1 aromatic carbocycles. The van der Waals surface area contributed by atoms with Crippen LogP contribution in [0.15, 0.2) is 41.8 Å². The molecule has 11 nitrogen and oxygen atoms in total. The summed E-state index contributed by atoms with van der Waals surface area (Å²) in [6, 6.07) is 6.76. The number of anilines is 4. The second-order valence-corrected chi connectivity index (χ2v) is 9.02. The summed E-state index contributed by atoms with van der Waals surface area (Å²) in [5, 5.41) is 15.9. The van der Waals surface area contributed by atoms with Crippen LogP contribution in [0.3, 0.4) is 0 Å². The predicted molar refractivity (Wildman–Crippen MR) is 146 cm³/mol. The monoisotopic (exact) mass is 504 g/mol. The van der Waals surface area contributed by atoms with Gasteiger partial charge in [0.05, 0.1) is 24.2 Å². The number of aromatic nitrogens is 3. The van der Waals surface area contributed by atoms with Crippen molar-refractivity contribution in [3.05, 3.63) is 53.0 Å². The van der Waals surface area contributed by atoms with E-state index in [-0.39, 0.29) is 23.5 Å². The Morgan fingerprint density at radius 2 is 1.97 bits per heavy atom. The molecule has 3 rings (SSSR count). The number of rotatable bonds is 10. The Labute approximate surface area is 216 Å². The van der Waals surface area contributed by atoms with Crippen LogP contribution < -0.4 is 25.8 Å². The molecule has 0 bridgehead atoms. The maximum Gasteiger partial charge on any atom is 0.270 e. The highest BCUT2D eigenvalue weighted by Gasteiger charge is 2.18. The van der Waals surface area contributed by atoms with Gasteiger partial charge in [-0.3, -0.25) is 14.2 Å². The molecule has 0 aliphatic heterocycles. The summed E-state index contributed by atoms with van der Waals surface area (Å²) in [7, 11) is 7.46. The Bertz CT molecular complexity index is 1420. The third-order valence-corrected chi connectivity index (χ3v) is 5.71. The summed E-state index contributed by atoms with van der Waals surface area (Å²) in [6.07, 6.45) is 2.76. The van der Waals surface area contributed by atoms with E-state index >= 15 is 0 Å². The minimum absolute atomic E-state index is 0.0313. The van der Waals surface area contributed by atoms with Gasteiger partial charge < -0.3 is 25.2 Å². The van der Waals surface area contributed by atoms with Crippen molar-refractivity contribution < 1.29 is 9.53 Å². The van der Waals surface area contributed by atoms with Gasteiger partial charge >= 0.3 is 0 Å². The maximum absolute atomic E-state index is 12.8. The summed E-state index contributed by atoms with van der Waals surface area (Å²) >= 11 is 0. The van der Waals surface area contributed by atoms with Crippen LogP contribution in [-0.4, -0.2) is 66.7 Å². The van der Waals surface area contributed by atoms with Gasteiger partial charge in [0.1, 0.15) is 23.0 Å². The van der Waals surface area contributed by atoms with Crippen LogP contribution in [0.2, 0.25) is 0 Å². The fraction of sp³-hybridized carbons (Fsp3) is 0.346. The van der Waals surface area contributed by atoms with Crippen molar-refractivity contribution in [2.75, 3.05) is 56.9 Å². The van der Waals surface area contributed by atoms with E-state index in [4.69, 9.17) is 4.74 Å². The lowest BCUT2D eigenvalue weighted by molar-refractivity contribution is -0.111. The molecule has 0 radical (unpaired) electrons. The number of ether oxygens (including phenoxy) is 1. The zero-order valence-electron chi connectivity index (χ0n) is 22.0. The average molecular weight is 505 g/mol. The van der Waals surface area contributed by atoms with Gasteiger partial charge in [-0.25, -0.2) is 4.98 Å². The fourth-order valence-electron chi connectivity index (χ4n) is 3.77. The molecule has 0 saturated carbocycles. The second kappa shape index (κ2) is 11.5. The number of nitrogens with zero attached hydrogens (tertiary/aromatic N) is 6. The molecule has 194 valence electrons. The van der Waals surface area contributed by atoms with Gasteiger partial charge in [-0.1, -0.05) is 6.58 Å². The Morgan fingerprint density at radius 1 is 1.24 bits per heavy atom. The molecule has 0 saturated heterocycles. The lowest BCUT2D eigenvalue weighted by Gasteiger charge is -2.26. The zero-order valence-corrected chi connectivity index (χ0v) is 22.0. The number of likely N-dealkylation sites (N-methyl/N-ethyl adjacent to an activating group) is 2. The van der Waals surface area contributed by atoms with Crippen molar-refractivity contribution in [3.8, 4) is 11.8 Å². The quantitative estimate of drug-likeness (QED) is 0.400. The first kappa shape index (κ1) is 27.2. The Morgan fingerprint density at radius 3 is 2.57 bits per heavy atom. The third-order valence-electron chi connectivity index (χ3n) is 5.71. The van der Waals surface area contributed by atoms with E-state index in [9.17, 15) is 14.9 Å². The Kier molecular flexibility index (Phi) is 8.47. The topological polar surface area (TPSA) is 128 Å². The highest BCUT2D eigenvalue weighted by Crippen LogP contribution is 2.38. The lowest BCUT2D eigenvalue weighted by Crippen LogP contribution is -2.29. The van der Waals surface area contributed by atoms with Crippen molar-refractivity contribution >= 4 is 40.0 Å². The second-order valence-electron chi connectivity index (χ2n) is 9.02. The van der Waals surface area contributed by atoms with Crippen LogP contribution in [0.1, 0.15) is 25.5 Å². The van der Waals surface area contributed by atoms with Gasteiger partial charge in [-0.2, -0.15) is 10.2 Å². The minimum atomic E-state index is -0.410. The van der Waals surface area contributed by atoms with E-state index in [1.54, 1.807) is 19.4 Å². The van der Waals surface area contributed by atoms with Gasteiger partial charge in [0.25, 0.3) is 5.56 Å². The number of hydrogen-bond acceptors (Lipinski definition) is 9. The first-order chi connectivity index (χ1) is 17.6. The molecule has 0 aliphatic rings.